The summed E-state index contributed by atoms with van der Waals surface area (Å²) in [6.45, 7) is 0. The number of nitrogens with one attached hydrogen (secondary N) is 3. The molecule has 1 aromatic heterocycles. The van der Waals surface area contributed by atoms with E-state index in [1.807, 2.05) is 0 Å². The summed E-state index contributed by atoms with van der Waals surface area (Å²) in [4.78, 5) is 17.9. The highest BCUT2D eigenvalue weighted by Gasteiger charge is 2.27. The number of hydrogen-bond acceptors (Lipinski definition) is 3. The molecule has 1 heterocycles. The first-order valence-corrected chi connectivity index (χ1v) is 6.86. The van der Waals surface area contributed by atoms with Gasteiger partial charge in [-0.15, -0.1) is 0 Å². The number of carbonyl (C=O) groups excluding carboxylic acids is 1. The van der Waals surface area contributed by atoms with Gasteiger partial charge in [-0.3, -0.25) is 4.79 Å². The largest absolute Gasteiger partial charge is 0.391 e. The van der Waals surface area contributed by atoms with Crippen molar-refractivity contribution in [2.24, 2.45) is 0 Å². The smallest absolute Gasteiger partial charge is 0.253 e. The molecule has 1 aromatic carbocycles. The van der Waals surface area contributed by atoms with Crippen LogP contribution in [0, 0.1) is 10.6 Å². The van der Waals surface area contributed by atoms with Crippen LogP contribution in [-0.2, 0) is 0 Å². The molecular weight excluding hydrogens is 281 g/mol. The van der Waals surface area contributed by atoms with Crippen LogP contribution in [0.2, 0.25) is 0 Å². The van der Waals surface area contributed by atoms with Crippen molar-refractivity contribution in [3.63, 3.8) is 0 Å². The van der Waals surface area contributed by atoms with Crippen molar-refractivity contribution >= 4 is 29.2 Å². The molecule has 2 atom stereocenters. The minimum absolute atomic E-state index is 0.187. The van der Waals surface area contributed by atoms with Crippen LogP contribution in [0.4, 0.5) is 4.39 Å². The van der Waals surface area contributed by atoms with Gasteiger partial charge in [-0.1, -0.05) is 0 Å². The summed E-state index contributed by atoms with van der Waals surface area (Å²) in [7, 11) is 0. The molecule has 5 nitrogen and oxygen atoms in total. The molecule has 106 valence electrons. The van der Waals surface area contributed by atoms with Crippen LogP contribution < -0.4 is 5.32 Å². The number of aromatic amines is 2. The molecular formula is C13H14FN3O2S. The third-order valence-electron chi connectivity index (χ3n) is 3.63. The van der Waals surface area contributed by atoms with Crippen LogP contribution in [-0.4, -0.2) is 33.1 Å². The topological polar surface area (TPSA) is 80.9 Å². The average Bonchev–Trinajstić information content (AvgIpc) is 2.94. The number of carbonyl (C=O) groups is 1. The van der Waals surface area contributed by atoms with Crippen molar-refractivity contribution in [2.75, 3.05) is 0 Å². The van der Waals surface area contributed by atoms with Gasteiger partial charge in [-0.2, -0.15) is 0 Å². The van der Waals surface area contributed by atoms with Crippen molar-refractivity contribution in [1.82, 2.24) is 15.3 Å². The molecule has 0 aliphatic heterocycles. The summed E-state index contributed by atoms with van der Waals surface area (Å²) >= 11 is 4.96. The highest BCUT2D eigenvalue weighted by atomic mass is 32.1. The molecule has 3 rings (SSSR count). The molecule has 2 aromatic rings. The van der Waals surface area contributed by atoms with Crippen molar-refractivity contribution in [3.8, 4) is 0 Å². The first-order chi connectivity index (χ1) is 9.54. The zero-order valence-electron chi connectivity index (χ0n) is 10.6. The Morgan fingerprint density at radius 3 is 2.90 bits per heavy atom. The molecule has 20 heavy (non-hydrogen) atoms. The van der Waals surface area contributed by atoms with Crippen LogP contribution in [0.15, 0.2) is 12.1 Å². The minimum atomic E-state index is -0.535. The second kappa shape index (κ2) is 4.99. The van der Waals surface area contributed by atoms with Gasteiger partial charge >= 0.3 is 0 Å². The van der Waals surface area contributed by atoms with Gasteiger partial charge in [0.2, 0.25) is 0 Å². The lowest BCUT2D eigenvalue weighted by atomic mass is 10.1. The third kappa shape index (κ3) is 2.34. The van der Waals surface area contributed by atoms with Gasteiger partial charge in [0.25, 0.3) is 5.91 Å². The lowest BCUT2D eigenvalue weighted by Gasteiger charge is -2.16. The fourth-order valence-corrected chi connectivity index (χ4v) is 2.85. The van der Waals surface area contributed by atoms with Gasteiger partial charge < -0.3 is 20.4 Å². The number of aliphatic hydroxyl groups excluding tert-OH is 1. The number of H-pyrrole nitrogens is 2. The van der Waals surface area contributed by atoms with Gasteiger partial charge in [-0.25, -0.2) is 4.39 Å². The molecule has 0 radical (unpaired) electrons. The number of aliphatic hydroxyl groups is 1. The van der Waals surface area contributed by atoms with Crippen molar-refractivity contribution in [3.05, 3.63) is 28.3 Å². The maximum absolute atomic E-state index is 13.6. The Kier molecular flexibility index (Phi) is 3.31. The monoisotopic (exact) mass is 295 g/mol. The maximum Gasteiger partial charge on any atom is 0.253 e. The molecule has 4 N–H and O–H groups in total. The zero-order valence-corrected chi connectivity index (χ0v) is 11.4. The number of amides is 1. The Morgan fingerprint density at radius 2 is 2.20 bits per heavy atom. The lowest BCUT2D eigenvalue weighted by molar-refractivity contribution is 0.0874. The first-order valence-electron chi connectivity index (χ1n) is 6.45. The fourth-order valence-electron chi connectivity index (χ4n) is 2.64. The molecule has 0 spiro atoms. The number of aromatic nitrogens is 2. The lowest BCUT2D eigenvalue weighted by Crippen LogP contribution is -2.39. The second-order valence-corrected chi connectivity index (χ2v) is 5.44. The van der Waals surface area contributed by atoms with Crippen molar-refractivity contribution in [1.29, 1.82) is 0 Å². The van der Waals surface area contributed by atoms with Gasteiger partial charge in [0, 0.05) is 0 Å². The second-order valence-electron chi connectivity index (χ2n) is 5.03. The van der Waals surface area contributed by atoms with Gasteiger partial charge in [0.15, 0.2) is 4.77 Å². The minimum Gasteiger partial charge on any atom is -0.391 e. The van der Waals surface area contributed by atoms with E-state index >= 15 is 0 Å². The van der Waals surface area contributed by atoms with E-state index < -0.39 is 17.8 Å². The predicted octanol–water partition coefficient (Wildman–Crippen LogP) is 2.01. The third-order valence-corrected chi connectivity index (χ3v) is 3.83. The zero-order chi connectivity index (χ0) is 14.3. The number of fused-ring (bicyclic) bond motifs is 1. The number of hydrogen-bond donors (Lipinski definition) is 4. The number of benzene rings is 1. The molecule has 7 heteroatoms. The van der Waals surface area contributed by atoms with E-state index in [-0.39, 0.29) is 11.6 Å². The molecule has 0 saturated heterocycles. The average molecular weight is 295 g/mol. The molecule has 1 aliphatic carbocycles. The molecule has 0 bridgehead atoms. The quantitative estimate of drug-likeness (QED) is 0.640. The Morgan fingerprint density at radius 1 is 1.40 bits per heavy atom. The number of rotatable bonds is 2. The first kappa shape index (κ1) is 13.3. The van der Waals surface area contributed by atoms with Gasteiger partial charge in [0.1, 0.15) is 5.82 Å². The Bertz CT molecular complexity index is 724. The summed E-state index contributed by atoms with van der Waals surface area (Å²) in [5, 5.41) is 12.5. The van der Waals surface area contributed by atoms with E-state index in [4.69, 9.17) is 12.2 Å². The fraction of sp³-hybridized carbons (Fsp3) is 0.385. The van der Waals surface area contributed by atoms with Crippen LogP contribution in [0.25, 0.3) is 11.0 Å². The normalized spacial score (nSPS) is 22.3. The van der Waals surface area contributed by atoms with Crippen molar-refractivity contribution in [2.45, 2.75) is 31.4 Å². The van der Waals surface area contributed by atoms with E-state index in [9.17, 15) is 14.3 Å². The van der Waals surface area contributed by atoms with E-state index in [0.29, 0.717) is 22.2 Å². The molecule has 1 amide bonds. The summed E-state index contributed by atoms with van der Waals surface area (Å²) in [6, 6.07) is 2.17. The number of imidazole rings is 1. The molecule has 1 saturated carbocycles. The van der Waals surface area contributed by atoms with Crippen LogP contribution >= 0.6 is 12.2 Å². The van der Waals surface area contributed by atoms with Crippen LogP contribution in [0.1, 0.15) is 29.6 Å². The molecule has 2 unspecified atom stereocenters. The van der Waals surface area contributed by atoms with Gasteiger partial charge in [0.05, 0.1) is 28.7 Å². The van der Waals surface area contributed by atoms with E-state index in [0.717, 1.165) is 18.9 Å². The van der Waals surface area contributed by atoms with E-state index in [1.165, 1.54) is 6.07 Å². The summed E-state index contributed by atoms with van der Waals surface area (Å²) in [6.07, 6.45) is 1.75. The van der Waals surface area contributed by atoms with E-state index in [1.54, 1.807) is 0 Å². The molecule has 1 fully saturated rings. The summed E-state index contributed by atoms with van der Waals surface area (Å²) in [5.41, 5.74) is 1.11. The van der Waals surface area contributed by atoms with Crippen molar-refractivity contribution < 1.29 is 14.3 Å². The standard InChI is InChI=1S/C13H14FN3O2S/c14-6-4-7(11-9(5-6)16-13(20)17-11)12(19)15-8-2-1-3-10(8)18/h4-5,8,10,18H,1-3H2,(H,15,19)(H2,16,17,20). The summed E-state index contributed by atoms with van der Waals surface area (Å²) < 4.78 is 13.9. The summed E-state index contributed by atoms with van der Waals surface area (Å²) in [5.74, 6) is -0.925. The SMILES string of the molecule is O=C(NC1CCCC1O)c1cc(F)cc2[nH]c(=S)[nH]c12. The highest BCUT2D eigenvalue weighted by molar-refractivity contribution is 7.71. The van der Waals surface area contributed by atoms with E-state index in [2.05, 4.69) is 15.3 Å². The van der Waals surface area contributed by atoms with Crippen LogP contribution in [0.5, 0.6) is 0 Å². The molecule has 1 aliphatic rings. The Balaban J connectivity index is 1.96. The Labute approximate surface area is 119 Å². The predicted molar refractivity (Wildman–Crippen MR) is 74.6 cm³/mol. The number of halogens is 1. The highest BCUT2D eigenvalue weighted by Crippen LogP contribution is 2.21. The maximum atomic E-state index is 13.6. The van der Waals surface area contributed by atoms with Crippen LogP contribution in [0.3, 0.4) is 0 Å². The van der Waals surface area contributed by atoms with Gasteiger partial charge in [-0.05, 0) is 43.6 Å². The Hall–Kier alpha value is -1.73.